The second-order valence-corrected chi connectivity index (χ2v) is 3.25. The van der Waals surface area contributed by atoms with Crippen LogP contribution in [0, 0.1) is 6.92 Å². The van der Waals surface area contributed by atoms with Crippen LogP contribution in [-0.2, 0) is 0 Å². The van der Waals surface area contributed by atoms with Crippen LogP contribution in [0.3, 0.4) is 0 Å². The van der Waals surface area contributed by atoms with Gasteiger partial charge in [-0.3, -0.25) is 4.79 Å². The first-order valence-electron chi connectivity index (χ1n) is 4.06. The number of hydrogen-bond donors (Lipinski definition) is 1. The normalized spacial score (nSPS) is 12.5. The number of nitrogens with one attached hydrogen (secondary N) is 1. The maximum Gasteiger partial charge on any atom is 0.287 e. The summed E-state index contributed by atoms with van der Waals surface area (Å²) in [6, 6.07) is 3.35. The van der Waals surface area contributed by atoms with Crippen molar-refractivity contribution in [2.75, 3.05) is 5.88 Å². The standard InChI is InChI=1S/C9H12ClNO2/c1-6(5-10)11-9(12)8-4-3-7(2)13-8/h3-4,6H,5H2,1-2H3,(H,11,12). The van der Waals surface area contributed by atoms with Gasteiger partial charge in [0.2, 0.25) is 0 Å². The molecule has 0 bridgehead atoms. The Morgan fingerprint density at radius 3 is 2.85 bits per heavy atom. The van der Waals surface area contributed by atoms with E-state index >= 15 is 0 Å². The molecule has 3 nitrogen and oxygen atoms in total. The molecular formula is C9H12ClNO2. The predicted molar refractivity (Wildman–Crippen MR) is 51.1 cm³/mol. The summed E-state index contributed by atoms with van der Waals surface area (Å²) in [5.74, 6) is 1.23. The van der Waals surface area contributed by atoms with Crippen molar-refractivity contribution in [2.24, 2.45) is 0 Å². The molecule has 4 heteroatoms. The van der Waals surface area contributed by atoms with Crippen LogP contribution in [0.1, 0.15) is 23.2 Å². The molecule has 0 aliphatic rings. The summed E-state index contributed by atoms with van der Waals surface area (Å²) in [7, 11) is 0. The van der Waals surface area contributed by atoms with Crippen molar-refractivity contribution in [1.82, 2.24) is 5.32 Å². The van der Waals surface area contributed by atoms with Crippen LogP contribution in [0.2, 0.25) is 0 Å². The highest BCUT2D eigenvalue weighted by Gasteiger charge is 2.11. The molecule has 1 atom stereocenters. The maximum absolute atomic E-state index is 11.4. The Balaban J connectivity index is 2.58. The van der Waals surface area contributed by atoms with Crippen LogP contribution in [0.25, 0.3) is 0 Å². The van der Waals surface area contributed by atoms with Gasteiger partial charge in [0.05, 0.1) is 0 Å². The summed E-state index contributed by atoms with van der Waals surface area (Å²) in [5, 5.41) is 2.69. The van der Waals surface area contributed by atoms with Gasteiger partial charge in [-0.05, 0) is 26.0 Å². The highest BCUT2D eigenvalue weighted by Crippen LogP contribution is 2.06. The molecular weight excluding hydrogens is 190 g/mol. The van der Waals surface area contributed by atoms with Crippen molar-refractivity contribution >= 4 is 17.5 Å². The van der Waals surface area contributed by atoms with E-state index in [2.05, 4.69) is 5.32 Å². The summed E-state index contributed by atoms with van der Waals surface area (Å²) >= 11 is 5.54. The molecule has 1 heterocycles. The Morgan fingerprint density at radius 1 is 1.69 bits per heavy atom. The fourth-order valence-corrected chi connectivity index (χ4v) is 0.967. The molecule has 1 aromatic heterocycles. The number of furan rings is 1. The van der Waals surface area contributed by atoms with Crippen molar-refractivity contribution in [3.8, 4) is 0 Å². The quantitative estimate of drug-likeness (QED) is 0.760. The molecule has 72 valence electrons. The monoisotopic (exact) mass is 201 g/mol. The van der Waals surface area contributed by atoms with E-state index in [-0.39, 0.29) is 11.9 Å². The lowest BCUT2D eigenvalue weighted by molar-refractivity contribution is 0.0914. The number of rotatable bonds is 3. The van der Waals surface area contributed by atoms with E-state index in [0.29, 0.717) is 11.6 Å². The van der Waals surface area contributed by atoms with Crippen LogP contribution in [0.15, 0.2) is 16.5 Å². The SMILES string of the molecule is Cc1ccc(C(=O)NC(C)CCl)o1. The van der Waals surface area contributed by atoms with Crippen molar-refractivity contribution in [2.45, 2.75) is 19.9 Å². The molecule has 1 unspecified atom stereocenters. The maximum atomic E-state index is 11.4. The topological polar surface area (TPSA) is 42.2 Å². The van der Waals surface area contributed by atoms with E-state index in [1.165, 1.54) is 0 Å². The van der Waals surface area contributed by atoms with Gasteiger partial charge in [-0.2, -0.15) is 0 Å². The lowest BCUT2D eigenvalue weighted by Gasteiger charge is -2.07. The molecule has 1 aromatic rings. The highest BCUT2D eigenvalue weighted by molar-refractivity contribution is 6.18. The molecule has 0 radical (unpaired) electrons. The van der Waals surface area contributed by atoms with Crippen LogP contribution in [-0.4, -0.2) is 17.8 Å². The fourth-order valence-electron chi connectivity index (χ4n) is 0.890. The van der Waals surface area contributed by atoms with E-state index in [9.17, 15) is 4.79 Å². The summed E-state index contributed by atoms with van der Waals surface area (Å²) < 4.78 is 5.14. The van der Waals surface area contributed by atoms with E-state index in [0.717, 1.165) is 5.76 Å². The minimum Gasteiger partial charge on any atom is -0.456 e. The largest absolute Gasteiger partial charge is 0.456 e. The lowest BCUT2D eigenvalue weighted by Crippen LogP contribution is -2.33. The van der Waals surface area contributed by atoms with Crippen LogP contribution in [0.4, 0.5) is 0 Å². The van der Waals surface area contributed by atoms with Crippen LogP contribution >= 0.6 is 11.6 Å². The molecule has 13 heavy (non-hydrogen) atoms. The molecule has 1 N–H and O–H groups in total. The Labute approximate surface area is 82.1 Å². The molecule has 0 aliphatic carbocycles. The third-order valence-corrected chi connectivity index (χ3v) is 2.04. The number of carbonyl (C=O) groups excluding carboxylic acids is 1. The van der Waals surface area contributed by atoms with Gasteiger partial charge in [-0.25, -0.2) is 0 Å². The molecule has 0 saturated carbocycles. The summed E-state index contributed by atoms with van der Waals surface area (Å²) in [6.45, 7) is 3.63. The number of alkyl halides is 1. The Bertz CT molecular complexity index is 296. The zero-order valence-electron chi connectivity index (χ0n) is 7.63. The minimum absolute atomic E-state index is 0.0421. The molecule has 0 saturated heterocycles. The summed E-state index contributed by atoms with van der Waals surface area (Å²) in [4.78, 5) is 11.4. The number of halogens is 1. The Morgan fingerprint density at radius 2 is 2.38 bits per heavy atom. The van der Waals surface area contributed by atoms with Crippen molar-refractivity contribution in [1.29, 1.82) is 0 Å². The summed E-state index contributed by atoms with van der Waals surface area (Å²) in [5.41, 5.74) is 0. The Hall–Kier alpha value is -0.960. The number of amides is 1. The van der Waals surface area contributed by atoms with E-state index in [1.54, 1.807) is 19.1 Å². The zero-order chi connectivity index (χ0) is 9.84. The lowest BCUT2D eigenvalue weighted by atomic mass is 10.3. The molecule has 0 aliphatic heterocycles. The first kappa shape index (κ1) is 10.1. The molecule has 0 spiro atoms. The third-order valence-electron chi connectivity index (χ3n) is 1.57. The van der Waals surface area contributed by atoms with Gasteiger partial charge >= 0.3 is 0 Å². The van der Waals surface area contributed by atoms with E-state index in [4.69, 9.17) is 16.0 Å². The van der Waals surface area contributed by atoms with Crippen molar-refractivity contribution < 1.29 is 9.21 Å². The fraction of sp³-hybridized carbons (Fsp3) is 0.444. The molecule has 0 aromatic carbocycles. The third kappa shape index (κ3) is 2.77. The van der Waals surface area contributed by atoms with Crippen molar-refractivity contribution in [3.05, 3.63) is 23.7 Å². The van der Waals surface area contributed by atoms with E-state index < -0.39 is 0 Å². The predicted octanol–water partition coefficient (Wildman–Crippen LogP) is 1.95. The molecule has 1 amide bonds. The average molecular weight is 202 g/mol. The van der Waals surface area contributed by atoms with Crippen LogP contribution in [0.5, 0.6) is 0 Å². The molecule has 1 rings (SSSR count). The zero-order valence-corrected chi connectivity index (χ0v) is 8.39. The average Bonchev–Trinajstić information content (AvgIpc) is 2.51. The first-order valence-corrected chi connectivity index (χ1v) is 4.60. The smallest absolute Gasteiger partial charge is 0.287 e. The van der Waals surface area contributed by atoms with E-state index in [1.807, 2.05) is 6.92 Å². The van der Waals surface area contributed by atoms with Gasteiger partial charge in [0.1, 0.15) is 5.76 Å². The second-order valence-electron chi connectivity index (χ2n) is 2.94. The highest BCUT2D eigenvalue weighted by atomic mass is 35.5. The number of carbonyl (C=O) groups is 1. The minimum atomic E-state index is -0.221. The molecule has 0 fully saturated rings. The summed E-state index contributed by atoms with van der Waals surface area (Å²) in [6.07, 6.45) is 0. The van der Waals surface area contributed by atoms with Gasteiger partial charge in [-0.1, -0.05) is 0 Å². The van der Waals surface area contributed by atoms with Crippen molar-refractivity contribution in [3.63, 3.8) is 0 Å². The van der Waals surface area contributed by atoms with Gasteiger partial charge in [-0.15, -0.1) is 11.6 Å². The first-order chi connectivity index (χ1) is 6.13. The van der Waals surface area contributed by atoms with Gasteiger partial charge in [0, 0.05) is 11.9 Å². The van der Waals surface area contributed by atoms with Gasteiger partial charge in [0.25, 0.3) is 5.91 Å². The number of hydrogen-bond acceptors (Lipinski definition) is 2. The Kier molecular flexibility index (Phi) is 3.37. The van der Waals surface area contributed by atoms with Gasteiger partial charge < -0.3 is 9.73 Å². The van der Waals surface area contributed by atoms with Crippen LogP contribution < -0.4 is 5.32 Å². The second kappa shape index (κ2) is 4.33. The van der Waals surface area contributed by atoms with Gasteiger partial charge in [0.15, 0.2) is 5.76 Å². The number of aryl methyl sites for hydroxylation is 1.